The van der Waals surface area contributed by atoms with Crippen molar-refractivity contribution < 1.29 is 4.79 Å². The molecule has 1 amide bonds. The summed E-state index contributed by atoms with van der Waals surface area (Å²) in [6, 6.07) is 12.6. The van der Waals surface area contributed by atoms with Gasteiger partial charge in [-0.05, 0) is 32.5 Å². The average molecular weight is 312 g/mol. The fraction of sp³-hybridized carbons (Fsp3) is 0.444. The summed E-state index contributed by atoms with van der Waals surface area (Å²) in [5.41, 5.74) is 1.93. The molecule has 3 rings (SSSR count). The van der Waals surface area contributed by atoms with Crippen LogP contribution in [0.15, 0.2) is 42.6 Å². The Balaban J connectivity index is 1.81. The largest absolute Gasteiger partial charge is 0.334 e. The Hall–Kier alpha value is -2.14. The molecule has 0 aliphatic carbocycles. The van der Waals surface area contributed by atoms with Crippen LogP contribution in [0.5, 0.6) is 0 Å². The molecule has 1 unspecified atom stereocenters. The zero-order valence-corrected chi connectivity index (χ0v) is 14.0. The van der Waals surface area contributed by atoms with Crippen LogP contribution in [0.4, 0.5) is 0 Å². The van der Waals surface area contributed by atoms with Gasteiger partial charge in [-0.3, -0.25) is 14.4 Å². The molecule has 1 atom stereocenters. The molecule has 2 heterocycles. The molecule has 5 nitrogen and oxygen atoms in total. The normalized spacial score (nSPS) is 19.3. The van der Waals surface area contributed by atoms with Gasteiger partial charge >= 0.3 is 0 Å². The minimum atomic E-state index is 0.0743. The molecule has 1 aliphatic heterocycles. The van der Waals surface area contributed by atoms with Crippen LogP contribution in [0.3, 0.4) is 0 Å². The lowest BCUT2D eigenvalue weighted by Gasteiger charge is -2.39. The molecule has 5 heteroatoms. The number of rotatable bonds is 3. The van der Waals surface area contributed by atoms with Crippen molar-refractivity contribution in [1.29, 1.82) is 0 Å². The molecule has 23 heavy (non-hydrogen) atoms. The second kappa shape index (κ2) is 6.54. The first kappa shape index (κ1) is 15.7. The zero-order valence-electron chi connectivity index (χ0n) is 14.0. The molecule has 0 N–H and O–H groups in total. The summed E-state index contributed by atoms with van der Waals surface area (Å²) in [6.45, 7) is 6.42. The van der Waals surface area contributed by atoms with Gasteiger partial charge in [0.1, 0.15) is 5.69 Å². The second-order valence-corrected chi connectivity index (χ2v) is 6.41. The third kappa shape index (κ3) is 3.15. The maximum absolute atomic E-state index is 12.9. The van der Waals surface area contributed by atoms with Crippen LogP contribution in [0, 0.1) is 0 Å². The molecule has 1 fully saturated rings. The van der Waals surface area contributed by atoms with E-state index >= 15 is 0 Å². The third-order valence-electron chi connectivity index (χ3n) is 4.50. The van der Waals surface area contributed by atoms with Crippen molar-refractivity contribution in [3.63, 3.8) is 0 Å². The van der Waals surface area contributed by atoms with Crippen molar-refractivity contribution in [1.82, 2.24) is 19.6 Å². The summed E-state index contributed by atoms with van der Waals surface area (Å²) in [5.74, 6) is 0.0743. The molecule has 1 aromatic heterocycles. The number of benzene rings is 1. The quantitative estimate of drug-likeness (QED) is 0.875. The van der Waals surface area contributed by atoms with Gasteiger partial charge in [-0.25, -0.2) is 0 Å². The third-order valence-corrected chi connectivity index (χ3v) is 4.50. The lowest BCUT2D eigenvalue weighted by molar-refractivity contribution is 0.0533. The predicted octanol–water partition coefficient (Wildman–Crippen LogP) is 2.59. The molecular formula is C18H24N4O. The van der Waals surface area contributed by atoms with Gasteiger partial charge in [0, 0.05) is 31.9 Å². The van der Waals surface area contributed by atoms with Gasteiger partial charge in [0.05, 0.1) is 6.04 Å². The fourth-order valence-electron chi connectivity index (χ4n) is 3.15. The predicted molar refractivity (Wildman–Crippen MR) is 90.3 cm³/mol. The van der Waals surface area contributed by atoms with E-state index in [2.05, 4.69) is 41.3 Å². The van der Waals surface area contributed by atoms with Gasteiger partial charge in [0.15, 0.2) is 0 Å². The minimum absolute atomic E-state index is 0.0743. The topological polar surface area (TPSA) is 41.4 Å². The lowest BCUT2D eigenvalue weighted by atomic mass is 10.0. The summed E-state index contributed by atoms with van der Waals surface area (Å²) >= 11 is 0. The van der Waals surface area contributed by atoms with Crippen molar-refractivity contribution >= 4 is 5.91 Å². The first-order valence-corrected chi connectivity index (χ1v) is 8.16. The second-order valence-electron chi connectivity index (χ2n) is 6.41. The van der Waals surface area contributed by atoms with Crippen LogP contribution < -0.4 is 0 Å². The Bertz CT molecular complexity index is 665. The van der Waals surface area contributed by atoms with Gasteiger partial charge in [0.2, 0.25) is 0 Å². The number of piperazine rings is 1. The van der Waals surface area contributed by atoms with Crippen molar-refractivity contribution in [3.8, 4) is 0 Å². The molecule has 1 aliphatic rings. The van der Waals surface area contributed by atoms with E-state index in [4.69, 9.17) is 0 Å². The zero-order chi connectivity index (χ0) is 16.4. The molecule has 0 spiro atoms. The molecule has 1 saturated heterocycles. The highest BCUT2D eigenvalue weighted by Crippen LogP contribution is 2.25. The Morgan fingerprint density at radius 1 is 1.17 bits per heavy atom. The minimum Gasteiger partial charge on any atom is -0.334 e. The maximum atomic E-state index is 12.9. The summed E-state index contributed by atoms with van der Waals surface area (Å²) in [5, 5.41) is 4.28. The Labute approximate surface area is 137 Å². The van der Waals surface area contributed by atoms with E-state index in [1.807, 2.05) is 30.9 Å². The van der Waals surface area contributed by atoms with Crippen LogP contribution in [-0.2, 0) is 0 Å². The number of likely N-dealkylation sites (N-methyl/N-ethyl adjacent to an activating group) is 1. The number of hydrogen-bond donors (Lipinski definition) is 0. The van der Waals surface area contributed by atoms with E-state index in [9.17, 15) is 4.79 Å². The van der Waals surface area contributed by atoms with Crippen molar-refractivity contribution in [3.05, 3.63) is 53.9 Å². The Morgan fingerprint density at radius 3 is 2.61 bits per heavy atom. The standard InChI is InChI=1S/C18H24N4O/c1-14(2)22-16(9-10-19-22)18(23)21-12-11-20(3)17(13-21)15-7-5-4-6-8-15/h4-10,14,17H,11-13H2,1-3H3. The number of carbonyl (C=O) groups is 1. The number of nitrogens with zero attached hydrogens (tertiary/aromatic N) is 4. The molecule has 0 bridgehead atoms. The van der Waals surface area contributed by atoms with E-state index in [1.54, 1.807) is 10.9 Å². The summed E-state index contributed by atoms with van der Waals surface area (Å²) in [6.07, 6.45) is 1.71. The molecule has 122 valence electrons. The Morgan fingerprint density at radius 2 is 1.91 bits per heavy atom. The van der Waals surface area contributed by atoms with Crippen molar-refractivity contribution in [2.75, 3.05) is 26.7 Å². The van der Waals surface area contributed by atoms with E-state index in [0.717, 1.165) is 13.1 Å². The first-order valence-electron chi connectivity index (χ1n) is 8.16. The van der Waals surface area contributed by atoms with Gasteiger partial charge in [-0.15, -0.1) is 0 Å². The molecule has 0 saturated carbocycles. The van der Waals surface area contributed by atoms with Crippen molar-refractivity contribution in [2.24, 2.45) is 0 Å². The average Bonchev–Trinajstić information content (AvgIpc) is 3.05. The summed E-state index contributed by atoms with van der Waals surface area (Å²) in [7, 11) is 2.12. The van der Waals surface area contributed by atoms with E-state index in [0.29, 0.717) is 12.2 Å². The first-order chi connectivity index (χ1) is 11.1. The molecule has 0 radical (unpaired) electrons. The fourth-order valence-corrected chi connectivity index (χ4v) is 3.15. The number of carbonyl (C=O) groups excluding carboxylic acids is 1. The van der Waals surface area contributed by atoms with Crippen LogP contribution in [0.25, 0.3) is 0 Å². The van der Waals surface area contributed by atoms with E-state index < -0.39 is 0 Å². The highest BCUT2D eigenvalue weighted by Gasteiger charge is 2.30. The van der Waals surface area contributed by atoms with E-state index in [-0.39, 0.29) is 18.0 Å². The van der Waals surface area contributed by atoms with Crippen molar-refractivity contribution in [2.45, 2.75) is 25.9 Å². The summed E-state index contributed by atoms with van der Waals surface area (Å²) in [4.78, 5) is 17.2. The van der Waals surface area contributed by atoms with Crippen LogP contribution in [0.1, 0.15) is 42.0 Å². The number of aromatic nitrogens is 2. The highest BCUT2D eigenvalue weighted by molar-refractivity contribution is 5.92. The van der Waals surface area contributed by atoms with Gasteiger partial charge in [-0.1, -0.05) is 30.3 Å². The lowest BCUT2D eigenvalue weighted by Crippen LogP contribution is -2.49. The van der Waals surface area contributed by atoms with Crippen LogP contribution in [-0.4, -0.2) is 52.2 Å². The number of amides is 1. The number of hydrogen-bond acceptors (Lipinski definition) is 3. The highest BCUT2D eigenvalue weighted by atomic mass is 16.2. The smallest absolute Gasteiger partial charge is 0.272 e. The molecule has 2 aromatic rings. The monoisotopic (exact) mass is 312 g/mol. The van der Waals surface area contributed by atoms with Crippen LogP contribution in [0.2, 0.25) is 0 Å². The van der Waals surface area contributed by atoms with Gasteiger partial charge < -0.3 is 4.90 Å². The van der Waals surface area contributed by atoms with Gasteiger partial charge in [-0.2, -0.15) is 5.10 Å². The van der Waals surface area contributed by atoms with Crippen LogP contribution >= 0.6 is 0 Å². The SMILES string of the molecule is CC(C)n1nccc1C(=O)N1CCN(C)C(c2ccccc2)C1. The molecule has 1 aromatic carbocycles. The summed E-state index contributed by atoms with van der Waals surface area (Å²) < 4.78 is 1.80. The van der Waals surface area contributed by atoms with Gasteiger partial charge in [0.25, 0.3) is 5.91 Å². The maximum Gasteiger partial charge on any atom is 0.272 e. The molecular weight excluding hydrogens is 288 g/mol. The Kier molecular flexibility index (Phi) is 4.48. The van der Waals surface area contributed by atoms with E-state index in [1.165, 1.54) is 5.56 Å².